The van der Waals surface area contributed by atoms with Gasteiger partial charge in [-0.25, -0.2) is 0 Å². The molecule has 0 aliphatic carbocycles. The number of nitrogens with zero attached hydrogens (tertiary/aromatic N) is 5. The Morgan fingerprint density at radius 3 is 1.29 bits per heavy atom. The van der Waals surface area contributed by atoms with E-state index in [1.165, 1.54) is 5.39 Å². The van der Waals surface area contributed by atoms with Crippen LogP contribution in [0.25, 0.3) is 82.5 Å². The number of benzene rings is 7. The van der Waals surface area contributed by atoms with Crippen LogP contribution in [0.4, 0.5) is 0 Å². The van der Waals surface area contributed by atoms with Crippen molar-refractivity contribution < 1.29 is 0 Å². The van der Waals surface area contributed by atoms with Crippen LogP contribution >= 0.6 is 0 Å². The molecule has 0 bridgehead atoms. The molecule has 0 amide bonds. The Morgan fingerprint density at radius 2 is 0.714 bits per heavy atom. The van der Waals surface area contributed by atoms with Gasteiger partial charge in [0.2, 0.25) is 0 Å². The van der Waals surface area contributed by atoms with Crippen LogP contribution < -0.4 is 0 Å². The average molecular weight is 624 g/mol. The fourth-order valence-corrected chi connectivity index (χ4v) is 7.78. The normalized spacial score (nSPS) is 11.6. The summed E-state index contributed by atoms with van der Waals surface area (Å²) in [5, 5.41) is 26.1. The zero-order valence-corrected chi connectivity index (χ0v) is 26.2. The maximum atomic E-state index is 9.84. The minimum Gasteiger partial charge on any atom is -0.309 e. The molecule has 0 unspecified atom stereocenters. The molecule has 0 atom stereocenters. The monoisotopic (exact) mass is 623 g/mol. The van der Waals surface area contributed by atoms with Crippen LogP contribution in [0.15, 0.2) is 152 Å². The lowest BCUT2D eigenvalue weighted by Crippen LogP contribution is -1.98. The van der Waals surface area contributed by atoms with E-state index >= 15 is 0 Å². The van der Waals surface area contributed by atoms with Crippen LogP contribution in [-0.2, 0) is 0 Å². The van der Waals surface area contributed by atoms with Crippen LogP contribution in [0.1, 0.15) is 11.1 Å². The summed E-state index contributed by atoms with van der Waals surface area (Å²) in [7, 11) is 0. The largest absolute Gasteiger partial charge is 0.309 e. The molecule has 0 N–H and O–H groups in total. The second-order valence-corrected chi connectivity index (χ2v) is 12.5. The first-order chi connectivity index (χ1) is 24.2. The van der Waals surface area contributed by atoms with Crippen molar-refractivity contribution in [3.05, 3.63) is 163 Å². The second kappa shape index (κ2) is 10.2. The number of hydrogen-bond acceptors (Lipinski definition) is 2. The molecule has 0 aliphatic heterocycles. The van der Waals surface area contributed by atoms with Crippen molar-refractivity contribution in [1.82, 2.24) is 13.7 Å². The number of nitriles is 2. The van der Waals surface area contributed by atoms with Gasteiger partial charge in [-0.15, -0.1) is 0 Å². The Labute approximate surface area is 280 Å². The number of para-hydroxylation sites is 3. The van der Waals surface area contributed by atoms with Crippen molar-refractivity contribution in [3.8, 4) is 29.2 Å². The summed E-state index contributed by atoms with van der Waals surface area (Å²) in [5.74, 6) is 0. The van der Waals surface area contributed by atoms with Crippen LogP contribution in [0.3, 0.4) is 0 Å². The predicted molar refractivity (Wildman–Crippen MR) is 199 cm³/mol. The maximum Gasteiger partial charge on any atom is 0.0991 e. The summed E-state index contributed by atoms with van der Waals surface area (Å²) in [5.41, 5.74) is 11.0. The van der Waals surface area contributed by atoms with Crippen molar-refractivity contribution in [2.45, 2.75) is 0 Å². The first kappa shape index (κ1) is 27.1. The van der Waals surface area contributed by atoms with E-state index < -0.39 is 0 Å². The number of fused-ring (bicyclic) bond motifs is 9. The molecule has 0 saturated carbocycles. The SMILES string of the molecule is N#Cc1ccc2c(c1)c1ccccc1n2-c1cccc(-n2c3ccccc3c3cc4c(cc32)c2cc(C#N)ccc2n4-c2ccccc2)c1. The summed E-state index contributed by atoms with van der Waals surface area (Å²) < 4.78 is 6.95. The third-order valence-corrected chi connectivity index (χ3v) is 9.85. The van der Waals surface area contributed by atoms with Crippen LogP contribution in [0, 0.1) is 22.7 Å². The molecule has 5 heteroatoms. The Bertz CT molecular complexity index is 3070. The van der Waals surface area contributed by atoms with E-state index in [0.29, 0.717) is 11.1 Å². The van der Waals surface area contributed by atoms with Gasteiger partial charge < -0.3 is 13.7 Å². The van der Waals surface area contributed by atoms with Gasteiger partial charge in [0.1, 0.15) is 0 Å². The minimum absolute atomic E-state index is 0.640. The Kier molecular flexibility index (Phi) is 5.64. The Balaban J connectivity index is 1.28. The summed E-state index contributed by atoms with van der Waals surface area (Å²) in [6.07, 6.45) is 0. The highest BCUT2D eigenvalue weighted by atomic mass is 15.0. The second-order valence-electron chi connectivity index (χ2n) is 12.5. The molecule has 0 saturated heterocycles. The molecule has 0 spiro atoms. The first-order valence-corrected chi connectivity index (χ1v) is 16.2. The predicted octanol–water partition coefficient (Wildman–Crippen LogP) is 10.7. The van der Waals surface area contributed by atoms with Gasteiger partial charge in [-0.05, 0) is 91.0 Å². The van der Waals surface area contributed by atoms with Crippen molar-refractivity contribution in [2.75, 3.05) is 0 Å². The van der Waals surface area contributed by atoms with Crippen molar-refractivity contribution in [2.24, 2.45) is 0 Å². The van der Waals surface area contributed by atoms with Gasteiger partial charge in [-0.2, -0.15) is 10.5 Å². The lowest BCUT2D eigenvalue weighted by molar-refractivity contribution is 1.13. The molecule has 7 aromatic carbocycles. The molecule has 5 nitrogen and oxygen atoms in total. The molecular weight excluding hydrogens is 599 g/mol. The third-order valence-electron chi connectivity index (χ3n) is 9.85. The zero-order valence-electron chi connectivity index (χ0n) is 26.2. The molecule has 226 valence electrons. The molecule has 3 aromatic heterocycles. The quantitative estimate of drug-likeness (QED) is 0.197. The zero-order chi connectivity index (χ0) is 32.6. The van der Waals surface area contributed by atoms with Crippen LogP contribution in [-0.4, -0.2) is 13.7 Å². The molecule has 10 aromatic rings. The summed E-state index contributed by atoms with van der Waals surface area (Å²) in [4.78, 5) is 0. The van der Waals surface area contributed by atoms with Gasteiger partial charge in [-0.3, -0.25) is 0 Å². The summed E-state index contributed by atoms with van der Waals surface area (Å²) >= 11 is 0. The van der Waals surface area contributed by atoms with E-state index in [1.807, 2.05) is 30.3 Å². The fraction of sp³-hybridized carbons (Fsp3) is 0. The minimum atomic E-state index is 0.640. The van der Waals surface area contributed by atoms with Gasteiger partial charge in [-0.1, -0.05) is 60.7 Å². The molecular formula is C44H25N5. The Hall–Kier alpha value is -7.08. The van der Waals surface area contributed by atoms with Gasteiger partial charge in [0.05, 0.1) is 56.4 Å². The first-order valence-electron chi connectivity index (χ1n) is 16.2. The lowest BCUT2D eigenvalue weighted by atomic mass is 10.1. The van der Waals surface area contributed by atoms with Crippen molar-refractivity contribution >= 4 is 65.4 Å². The van der Waals surface area contributed by atoms with E-state index in [0.717, 1.165) is 77.1 Å². The molecule has 3 heterocycles. The van der Waals surface area contributed by atoms with Crippen molar-refractivity contribution in [3.63, 3.8) is 0 Å². The van der Waals surface area contributed by atoms with Gasteiger partial charge in [0.15, 0.2) is 0 Å². The highest BCUT2D eigenvalue weighted by Crippen LogP contribution is 2.40. The number of hydrogen-bond donors (Lipinski definition) is 0. The van der Waals surface area contributed by atoms with Crippen LogP contribution in [0.2, 0.25) is 0 Å². The Morgan fingerprint density at radius 1 is 0.306 bits per heavy atom. The molecule has 0 radical (unpaired) electrons. The summed E-state index contributed by atoms with van der Waals surface area (Å²) in [6.45, 7) is 0. The highest BCUT2D eigenvalue weighted by molar-refractivity contribution is 6.19. The smallest absolute Gasteiger partial charge is 0.0991 e. The van der Waals surface area contributed by atoms with E-state index in [1.54, 1.807) is 0 Å². The fourth-order valence-electron chi connectivity index (χ4n) is 7.78. The lowest BCUT2D eigenvalue weighted by Gasteiger charge is -2.13. The molecule has 49 heavy (non-hydrogen) atoms. The topological polar surface area (TPSA) is 62.4 Å². The van der Waals surface area contributed by atoms with E-state index in [4.69, 9.17) is 0 Å². The van der Waals surface area contributed by atoms with Crippen molar-refractivity contribution in [1.29, 1.82) is 10.5 Å². The van der Waals surface area contributed by atoms with Crippen LogP contribution in [0.5, 0.6) is 0 Å². The third kappa shape index (κ3) is 3.85. The van der Waals surface area contributed by atoms with Gasteiger partial charge >= 0.3 is 0 Å². The molecule has 0 fully saturated rings. The molecule has 0 aliphatic rings. The number of rotatable bonds is 3. The summed E-state index contributed by atoms with van der Waals surface area (Å²) in [6, 6.07) is 57.2. The average Bonchev–Trinajstić information content (AvgIpc) is 3.79. The van der Waals surface area contributed by atoms with Gasteiger partial charge in [0, 0.05) is 49.4 Å². The van der Waals surface area contributed by atoms with Gasteiger partial charge in [0.25, 0.3) is 0 Å². The van der Waals surface area contributed by atoms with E-state index in [2.05, 4.69) is 147 Å². The standard InChI is InChI=1S/C44H25N5/c45-26-28-17-19-41-35(21-28)33-13-4-6-15-39(33)48(41)31-11-8-12-32(23-31)49-40-16-7-5-14-34(40)37-24-44-38(25-43(37)49)36-22-29(27-46)18-20-42(36)47(44)30-9-2-1-3-10-30/h1-25H. The molecule has 10 rings (SSSR count). The highest BCUT2D eigenvalue weighted by Gasteiger charge is 2.20. The number of aromatic nitrogens is 3. The van der Waals surface area contributed by atoms with E-state index in [-0.39, 0.29) is 0 Å². The van der Waals surface area contributed by atoms with E-state index in [9.17, 15) is 10.5 Å². The maximum absolute atomic E-state index is 9.84.